The van der Waals surface area contributed by atoms with Crippen LogP contribution in [0, 0.1) is 0 Å². The highest BCUT2D eigenvalue weighted by atomic mass is 15.2. The molecule has 0 N–H and O–H groups in total. The van der Waals surface area contributed by atoms with Gasteiger partial charge in [0.05, 0.1) is 29.1 Å². The maximum absolute atomic E-state index is 4.95. The number of pyridine rings is 1. The molecule has 0 amide bonds. The van der Waals surface area contributed by atoms with Gasteiger partial charge in [0, 0.05) is 41.9 Å². The number of aryl methyl sites for hydroxylation is 1. The Morgan fingerprint density at radius 2 is 2.00 bits per heavy atom. The smallest absolute Gasteiger partial charge is 0.152 e. The predicted octanol–water partition coefficient (Wildman–Crippen LogP) is 5.36. The van der Waals surface area contributed by atoms with E-state index in [1.165, 1.54) is 22.0 Å². The summed E-state index contributed by atoms with van der Waals surface area (Å²) in [4.78, 5) is 16.3. The molecule has 0 saturated carbocycles. The number of para-hydroxylation sites is 1. The zero-order valence-corrected chi connectivity index (χ0v) is 16.8. The summed E-state index contributed by atoms with van der Waals surface area (Å²) in [7, 11) is 0. The van der Waals surface area contributed by atoms with Gasteiger partial charge in [0.1, 0.15) is 0 Å². The number of aromatic nitrogens is 4. The molecule has 0 atom stereocenters. The average Bonchev–Trinajstić information content (AvgIpc) is 3.42. The first-order valence-electron chi connectivity index (χ1n) is 10.4. The minimum atomic E-state index is 0.877. The van der Waals surface area contributed by atoms with Crippen molar-refractivity contribution in [3.8, 4) is 11.1 Å². The van der Waals surface area contributed by atoms with E-state index in [1.54, 1.807) is 0 Å². The second kappa shape index (κ2) is 6.66. The maximum atomic E-state index is 4.95. The average molecular weight is 391 g/mol. The van der Waals surface area contributed by atoms with Gasteiger partial charge in [-0.25, -0.2) is 4.98 Å². The van der Waals surface area contributed by atoms with E-state index in [-0.39, 0.29) is 0 Å². The normalized spacial score (nSPS) is 13.3. The summed E-state index contributed by atoms with van der Waals surface area (Å²) in [6, 6.07) is 17.1. The highest BCUT2D eigenvalue weighted by Gasteiger charge is 2.22. The monoisotopic (exact) mass is 391 g/mol. The number of fused-ring (bicyclic) bond motifs is 3. The molecule has 2 aromatic carbocycles. The van der Waals surface area contributed by atoms with Crippen LogP contribution in [0.4, 0.5) is 11.5 Å². The summed E-state index contributed by atoms with van der Waals surface area (Å²) < 4.78 is 2.26. The van der Waals surface area contributed by atoms with Crippen molar-refractivity contribution in [3.05, 3.63) is 78.9 Å². The Bertz CT molecular complexity index is 1400. The molecule has 0 radical (unpaired) electrons. The van der Waals surface area contributed by atoms with Gasteiger partial charge in [-0.2, -0.15) is 0 Å². The van der Waals surface area contributed by atoms with Gasteiger partial charge in [0.15, 0.2) is 5.82 Å². The third-order valence-electron chi connectivity index (χ3n) is 6.04. The van der Waals surface area contributed by atoms with E-state index in [1.807, 2.05) is 24.7 Å². The summed E-state index contributed by atoms with van der Waals surface area (Å²) in [5.74, 6) is 0.877. The van der Waals surface area contributed by atoms with Crippen LogP contribution in [0.25, 0.3) is 33.1 Å². The molecule has 0 aliphatic carbocycles. The molecule has 5 heteroatoms. The van der Waals surface area contributed by atoms with Gasteiger partial charge >= 0.3 is 0 Å². The molecule has 0 spiro atoms. The predicted molar refractivity (Wildman–Crippen MR) is 121 cm³/mol. The first-order valence-corrected chi connectivity index (χ1v) is 10.4. The fraction of sp³-hybridized carbons (Fsp3) is 0.160. The fourth-order valence-corrected chi connectivity index (χ4v) is 4.50. The quantitative estimate of drug-likeness (QED) is 0.415. The topological polar surface area (TPSA) is 46.8 Å². The standard InChI is InChI=1S/C25H21N5/c1-2-29-12-9-19-14-18(6-7-22(19)29)20-4-3-5-21-25(20)27-16-24(28-21)30-13-10-17-8-11-26-15-23(17)30/h3-9,11-12,14-16H,2,10,13H2,1H3. The first kappa shape index (κ1) is 17.2. The molecule has 30 heavy (non-hydrogen) atoms. The molecule has 3 aromatic heterocycles. The van der Waals surface area contributed by atoms with Crippen LogP contribution in [0.1, 0.15) is 12.5 Å². The van der Waals surface area contributed by atoms with Gasteiger partial charge in [-0.15, -0.1) is 0 Å². The van der Waals surface area contributed by atoms with Crippen LogP contribution in [-0.4, -0.2) is 26.1 Å². The second-order valence-corrected chi connectivity index (χ2v) is 7.68. The Morgan fingerprint density at radius 1 is 1.03 bits per heavy atom. The van der Waals surface area contributed by atoms with Crippen LogP contribution in [0.3, 0.4) is 0 Å². The minimum Gasteiger partial charge on any atom is -0.348 e. The Kier molecular flexibility index (Phi) is 3.81. The lowest BCUT2D eigenvalue weighted by Crippen LogP contribution is -2.15. The number of nitrogens with zero attached hydrogens (tertiary/aromatic N) is 5. The van der Waals surface area contributed by atoms with Gasteiger partial charge in [0.25, 0.3) is 0 Å². The summed E-state index contributed by atoms with van der Waals surface area (Å²) in [5.41, 5.74) is 7.83. The first-order chi connectivity index (χ1) is 14.8. The molecule has 5 nitrogen and oxygen atoms in total. The van der Waals surface area contributed by atoms with E-state index in [0.29, 0.717) is 0 Å². The molecule has 0 bridgehead atoms. The van der Waals surface area contributed by atoms with Crippen molar-refractivity contribution in [2.45, 2.75) is 19.9 Å². The Balaban J connectivity index is 1.45. The Labute approximate surface area is 174 Å². The molecule has 1 aliphatic rings. The Morgan fingerprint density at radius 3 is 2.93 bits per heavy atom. The molecule has 5 aromatic rings. The van der Waals surface area contributed by atoms with E-state index in [4.69, 9.17) is 9.97 Å². The molecule has 0 saturated heterocycles. The zero-order valence-electron chi connectivity index (χ0n) is 16.8. The van der Waals surface area contributed by atoms with Crippen molar-refractivity contribution in [3.63, 3.8) is 0 Å². The highest BCUT2D eigenvalue weighted by molar-refractivity contribution is 5.95. The van der Waals surface area contributed by atoms with Gasteiger partial charge in [-0.3, -0.25) is 9.97 Å². The van der Waals surface area contributed by atoms with E-state index < -0.39 is 0 Å². The molecular formula is C25H21N5. The number of anilines is 2. The molecule has 1 aliphatic heterocycles. The number of hydrogen-bond donors (Lipinski definition) is 0. The third-order valence-corrected chi connectivity index (χ3v) is 6.04. The zero-order chi connectivity index (χ0) is 20.1. The van der Waals surface area contributed by atoms with E-state index in [2.05, 4.69) is 70.0 Å². The maximum Gasteiger partial charge on any atom is 0.152 e. The number of benzene rings is 2. The minimum absolute atomic E-state index is 0.877. The summed E-state index contributed by atoms with van der Waals surface area (Å²) in [6.07, 6.45) is 8.82. The van der Waals surface area contributed by atoms with Crippen LogP contribution in [0.5, 0.6) is 0 Å². The van der Waals surface area contributed by atoms with Crippen molar-refractivity contribution >= 4 is 33.4 Å². The highest BCUT2D eigenvalue weighted by Crippen LogP contribution is 2.34. The van der Waals surface area contributed by atoms with Crippen LogP contribution in [-0.2, 0) is 13.0 Å². The third kappa shape index (κ3) is 2.59. The van der Waals surface area contributed by atoms with Crippen molar-refractivity contribution in [2.75, 3.05) is 11.4 Å². The lowest BCUT2D eigenvalue weighted by Gasteiger charge is -2.18. The van der Waals surface area contributed by atoms with Gasteiger partial charge in [-0.1, -0.05) is 18.2 Å². The molecule has 0 unspecified atom stereocenters. The van der Waals surface area contributed by atoms with E-state index >= 15 is 0 Å². The van der Waals surface area contributed by atoms with Gasteiger partial charge in [0.2, 0.25) is 0 Å². The largest absolute Gasteiger partial charge is 0.348 e. The number of rotatable bonds is 3. The molecule has 6 rings (SSSR count). The lowest BCUT2D eigenvalue weighted by atomic mass is 10.0. The van der Waals surface area contributed by atoms with Crippen molar-refractivity contribution in [2.24, 2.45) is 0 Å². The molecule has 4 heterocycles. The Hall–Kier alpha value is -3.73. The summed E-state index contributed by atoms with van der Waals surface area (Å²) in [5, 5.41) is 1.25. The second-order valence-electron chi connectivity index (χ2n) is 7.68. The lowest BCUT2D eigenvalue weighted by molar-refractivity contribution is 0.798. The number of hydrogen-bond acceptors (Lipinski definition) is 4. The molecular weight excluding hydrogens is 370 g/mol. The fourth-order valence-electron chi connectivity index (χ4n) is 4.50. The SMILES string of the molecule is CCn1ccc2cc(-c3cccc4nc(N5CCc6ccncc65)cnc34)ccc21. The van der Waals surface area contributed by atoms with Crippen molar-refractivity contribution in [1.29, 1.82) is 0 Å². The van der Waals surface area contributed by atoms with E-state index in [0.717, 1.165) is 47.6 Å². The van der Waals surface area contributed by atoms with Crippen LogP contribution in [0.2, 0.25) is 0 Å². The summed E-state index contributed by atoms with van der Waals surface area (Å²) in [6.45, 7) is 4.05. The van der Waals surface area contributed by atoms with Crippen molar-refractivity contribution < 1.29 is 0 Å². The van der Waals surface area contributed by atoms with Crippen LogP contribution >= 0.6 is 0 Å². The molecule has 0 fully saturated rings. The molecule has 146 valence electrons. The van der Waals surface area contributed by atoms with E-state index in [9.17, 15) is 0 Å². The van der Waals surface area contributed by atoms with Gasteiger partial charge < -0.3 is 9.47 Å². The van der Waals surface area contributed by atoms with Crippen LogP contribution < -0.4 is 4.90 Å². The van der Waals surface area contributed by atoms with Crippen molar-refractivity contribution in [1.82, 2.24) is 19.5 Å². The van der Waals surface area contributed by atoms with Crippen LogP contribution in [0.15, 0.2) is 73.3 Å². The summed E-state index contributed by atoms with van der Waals surface area (Å²) >= 11 is 0. The van der Waals surface area contributed by atoms with Gasteiger partial charge in [-0.05, 0) is 54.8 Å².